The third-order valence-corrected chi connectivity index (χ3v) is 3.35. The fourth-order valence-electron chi connectivity index (χ4n) is 2.05. The Kier molecular flexibility index (Phi) is 5.73. The molecule has 0 aromatic heterocycles. The normalized spacial score (nSPS) is 10.0. The van der Waals surface area contributed by atoms with Gasteiger partial charge in [0.25, 0.3) is 5.91 Å². The summed E-state index contributed by atoms with van der Waals surface area (Å²) in [6.45, 7) is 0.922. The first kappa shape index (κ1) is 18.0. The number of ketones is 1. The number of hydrogen-bond acceptors (Lipinski definition) is 6. The van der Waals surface area contributed by atoms with Gasteiger partial charge in [0.05, 0.1) is 7.11 Å². The van der Waals surface area contributed by atoms with Crippen LogP contribution in [0.2, 0.25) is 0 Å². The average molecular weight is 343 g/mol. The van der Waals surface area contributed by atoms with Gasteiger partial charge >= 0.3 is 5.97 Å². The van der Waals surface area contributed by atoms with E-state index in [1.807, 2.05) is 0 Å². The molecule has 0 unspecified atom stereocenters. The Balaban J connectivity index is 1.93. The Bertz CT molecular complexity index is 798. The SMILES string of the molecule is COc1cccc(C(=O)OCC(=O)Nc2ccc(C(C)=O)cc2)c1O. The first-order valence-electron chi connectivity index (χ1n) is 7.36. The summed E-state index contributed by atoms with van der Waals surface area (Å²) in [7, 11) is 1.36. The van der Waals surface area contributed by atoms with Crippen molar-refractivity contribution in [1.82, 2.24) is 0 Å². The van der Waals surface area contributed by atoms with Crippen molar-refractivity contribution >= 4 is 23.3 Å². The molecule has 130 valence electrons. The topological polar surface area (TPSA) is 102 Å². The van der Waals surface area contributed by atoms with E-state index in [0.29, 0.717) is 11.3 Å². The molecule has 0 bridgehead atoms. The molecule has 0 aliphatic heterocycles. The predicted molar refractivity (Wildman–Crippen MR) is 90.0 cm³/mol. The van der Waals surface area contributed by atoms with E-state index in [4.69, 9.17) is 9.47 Å². The van der Waals surface area contributed by atoms with E-state index in [2.05, 4.69) is 5.32 Å². The van der Waals surface area contributed by atoms with Crippen molar-refractivity contribution in [3.63, 3.8) is 0 Å². The number of phenolic OH excluding ortho intramolecular Hbond substituents is 1. The highest BCUT2D eigenvalue weighted by molar-refractivity contribution is 5.98. The van der Waals surface area contributed by atoms with Gasteiger partial charge in [0, 0.05) is 11.3 Å². The molecule has 0 aliphatic carbocycles. The van der Waals surface area contributed by atoms with Crippen LogP contribution in [-0.4, -0.2) is 36.5 Å². The molecular weight excluding hydrogens is 326 g/mol. The Morgan fingerprint density at radius 3 is 2.36 bits per heavy atom. The number of rotatable bonds is 6. The highest BCUT2D eigenvalue weighted by atomic mass is 16.5. The molecular formula is C18H17NO6. The van der Waals surface area contributed by atoms with E-state index in [0.717, 1.165) is 0 Å². The van der Waals surface area contributed by atoms with Gasteiger partial charge in [-0.25, -0.2) is 4.79 Å². The van der Waals surface area contributed by atoms with E-state index < -0.39 is 18.5 Å². The molecule has 0 atom stereocenters. The Labute approximate surface area is 144 Å². The van der Waals surface area contributed by atoms with Crippen LogP contribution in [0, 0.1) is 0 Å². The highest BCUT2D eigenvalue weighted by Gasteiger charge is 2.17. The second-order valence-electron chi connectivity index (χ2n) is 5.11. The van der Waals surface area contributed by atoms with Crippen LogP contribution < -0.4 is 10.1 Å². The predicted octanol–water partition coefficient (Wildman–Crippen LogP) is 2.40. The van der Waals surface area contributed by atoms with Crippen molar-refractivity contribution in [1.29, 1.82) is 0 Å². The lowest BCUT2D eigenvalue weighted by molar-refractivity contribution is -0.119. The molecule has 0 saturated heterocycles. The molecule has 25 heavy (non-hydrogen) atoms. The third-order valence-electron chi connectivity index (χ3n) is 3.35. The molecule has 0 fully saturated rings. The Morgan fingerprint density at radius 1 is 1.08 bits per heavy atom. The van der Waals surface area contributed by atoms with Crippen molar-refractivity contribution < 1.29 is 29.0 Å². The van der Waals surface area contributed by atoms with Gasteiger partial charge in [-0.05, 0) is 43.3 Å². The van der Waals surface area contributed by atoms with E-state index >= 15 is 0 Å². The number of aromatic hydroxyl groups is 1. The van der Waals surface area contributed by atoms with Gasteiger partial charge in [-0.3, -0.25) is 9.59 Å². The molecule has 7 heteroatoms. The molecule has 0 radical (unpaired) electrons. The molecule has 0 aliphatic rings. The summed E-state index contributed by atoms with van der Waals surface area (Å²) >= 11 is 0. The number of phenols is 1. The largest absolute Gasteiger partial charge is 0.504 e. The van der Waals surface area contributed by atoms with E-state index in [9.17, 15) is 19.5 Å². The third kappa shape index (κ3) is 4.57. The fourth-order valence-corrected chi connectivity index (χ4v) is 2.05. The maximum atomic E-state index is 12.0. The number of amides is 1. The summed E-state index contributed by atoms with van der Waals surface area (Å²) in [5.41, 5.74) is 0.895. The lowest BCUT2D eigenvalue weighted by atomic mass is 10.1. The molecule has 2 rings (SSSR count). The first-order chi connectivity index (χ1) is 11.9. The van der Waals surface area contributed by atoms with Gasteiger partial charge in [0.2, 0.25) is 0 Å². The minimum absolute atomic E-state index is 0.0788. The number of Topliss-reactive ketones (excluding diaryl/α,β-unsaturated/α-hetero) is 1. The number of ether oxygens (including phenoxy) is 2. The van der Waals surface area contributed by atoms with Gasteiger partial charge in [-0.15, -0.1) is 0 Å². The Hall–Kier alpha value is -3.35. The van der Waals surface area contributed by atoms with Crippen LogP contribution >= 0.6 is 0 Å². The fraction of sp³-hybridized carbons (Fsp3) is 0.167. The van der Waals surface area contributed by atoms with Crippen molar-refractivity contribution in [2.75, 3.05) is 19.0 Å². The van der Waals surface area contributed by atoms with Crippen LogP contribution in [0.1, 0.15) is 27.6 Å². The molecule has 2 aromatic carbocycles. The number of benzene rings is 2. The first-order valence-corrected chi connectivity index (χ1v) is 7.36. The smallest absolute Gasteiger partial charge is 0.342 e. The monoisotopic (exact) mass is 343 g/mol. The van der Waals surface area contributed by atoms with Gasteiger partial charge in [-0.1, -0.05) is 6.07 Å². The molecule has 1 amide bonds. The number of esters is 1. The number of methoxy groups -OCH3 is 1. The van der Waals surface area contributed by atoms with Crippen LogP contribution in [0.5, 0.6) is 11.5 Å². The number of para-hydroxylation sites is 1. The lowest BCUT2D eigenvalue weighted by Crippen LogP contribution is -2.21. The minimum atomic E-state index is -0.849. The summed E-state index contributed by atoms with van der Waals surface area (Å²) in [4.78, 5) is 35.0. The summed E-state index contributed by atoms with van der Waals surface area (Å²) in [6.07, 6.45) is 0. The molecule has 7 nitrogen and oxygen atoms in total. The highest BCUT2D eigenvalue weighted by Crippen LogP contribution is 2.29. The second-order valence-corrected chi connectivity index (χ2v) is 5.11. The van der Waals surface area contributed by atoms with Crippen LogP contribution in [0.4, 0.5) is 5.69 Å². The minimum Gasteiger partial charge on any atom is -0.504 e. The van der Waals surface area contributed by atoms with Crippen LogP contribution in [0.25, 0.3) is 0 Å². The standard InChI is InChI=1S/C18H17NO6/c1-11(20)12-6-8-13(9-7-12)19-16(21)10-25-18(23)14-4-3-5-15(24-2)17(14)22/h3-9,22H,10H2,1-2H3,(H,19,21). The molecule has 2 N–H and O–H groups in total. The van der Waals surface area contributed by atoms with Gasteiger partial charge in [0.15, 0.2) is 23.9 Å². The number of nitrogens with one attached hydrogen (secondary N) is 1. The number of carbonyl (C=O) groups is 3. The van der Waals surface area contributed by atoms with E-state index in [-0.39, 0.29) is 22.8 Å². The number of hydrogen-bond donors (Lipinski definition) is 2. The van der Waals surface area contributed by atoms with Gasteiger partial charge in [-0.2, -0.15) is 0 Å². The summed E-state index contributed by atoms with van der Waals surface area (Å²) in [5, 5.41) is 12.4. The number of anilines is 1. The van der Waals surface area contributed by atoms with Gasteiger partial charge < -0.3 is 19.9 Å². The second kappa shape index (κ2) is 7.96. The van der Waals surface area contributed by atoms with Crippen molar-refractivity contribution in [2.24, 2.45) is 0 Å². The molecule has 0 saturated carbocycles. The summed E-state index contributed by atoms with van der Waals surface area (Å²) in [6, 6.07) is 10.7. The zero-order valence-electron chi connectivity index (χ0n) is 13.7. The van der Waals surface area contributed by atoms with E-state index in [1.54, 1.807) is 24.3 Å². The summed E-state index contributed by atoms with van der Waals surface area (Å²) < 4.78 is 9.79. The van der Waals surface area contributed by atoms with Crippen LogP contribution in [0.3, 0.4) is 0 Å². The molecule has 0 heterocycles. The quantitative estimate of drug-likeness (QED) is 0.617. The van der Waals surface area contributed by atoms with Crippen molar-refractivity contribution in [2.45, 2.75) is 6.92 Å². The van der Waals surface area contributed by atoms with Crippen molar-refractivity contribution in [3.05, 3.63) is 53.6 Å². The summed E-state index contributed by atoms with van der Waals surface area (Å²) in [5.74, 6) is -1.70. The molecule has 0 spiro atoms. The maximum Gasteiger partial charge on any atom is 0.342 e. The number of carbonyl (C=O) groups excluding carboxylic acids is 3. The maximum absolute atomic E-state index is 12.0. The average Bonchev–Trinajstić information content (AvgIpc) is 2.60. The lowest BCUT2D eigenvalue weighted by Gasteiger charge is -2.09. The van der Waals surface area contributed by atoms with Crippen molar-refractivity contribution in [3.8, 4) is 11.5 Å². The zero-order chi connectivity index (χ0) is 18.4. The Morgan fingerprint density at radius 2 is 1.76 bits per heavy atom. The van der Waals surface area contributed by atoms with Crippen LogP contribution in [-0.2, 0) is 9.53 Å². The zero-order valence-corrected chi connectivity index (χ0v) is 13.7. The van der Waals surface area contributed by atoms with E-state index in [1.165, 1.54) is 32.2 Å². The molecule has 2 aromatic rings. The van der Waals surface area contributed by atoms with Crippen LogP contribution in [0.15, 0.2) is 42.5 Å². The van der Waals surface area contributed by atoms with Gasteiger partial charge in [0.1, 0.15) is 5.56 Å².